The van der Waals surface area contributed by atoms with Crippen LogP contribution >= 0.6 is 0 Å². The highest BCUT2D eigenvalue weighted by Gasteiger charge is 2.47. The quantitative estimate of drug-likeness (QED) is 0.0260. The molecule has 0 bridgehead atoms. The molecule has 420 valence electrons. The monoisotopic (exact) mass is 1010 g/mol. The van der Waals surface area contributed by atoms with Crippen molar-refractivity contribution in [3.63, 3.8) is 0 Å². The van der Waals surface area contributed by atoms with Crippen LogP contribution in [0.1, 0.15) is 310 Å². The molecule has 0 aliphatic carbocycles. The van der Waals surface area contributed by atoms with Crippen LogP contribution in [0, 0.1) is 0 Å². The van der Waals surface area contributed by atoms with Crippen LogP contribution in [0.15, 0.2) is 0 Å². The van der Waals surface area contributed by atoms with Gasteiger partial charge in [0.15, 0.2) is 18.3 Å². The molecule has 7 atom stereocenters. The third-order valence-electron chi connectivity index (χ3n) is 14.7. The molecule has 0 spiro atoms. The summed E-state index contributed by atoms with van der Waals surface area (Å²) in [7, 11) is 0. The Morgan fingerprint density at radius 3 is 1.01 bits per heavy atom. The second-order valence-corrected chi connectivity index (χ2v) is 21.6. The van der Waals surface area contributed by atoms with Crippen molar-refractivity contribution < 1.29 is 53.8 Å². The van der Waals surface area contributed by atoms with Crippen molar-refractivity contribution in [3.8, 4) is 0 Å². The Bertz CT molecular complexity index is 1200. The zero-order chi connectivity index (χ0) is 51.8. The van der Waals surface area contributed by atoms with Gasteiger partial charge in [-0.25, -0.2) is 0 Å². The van der Waals surface area contributed by atoms with E-state index < -0.39 is 43.0 Å². The zero-order valence-corrected chi connectivity index (χ0v) is 46.4. The first-order chi connectivity index (χ1) is 34.6. The summed E-state index contributed by atoms with van der Waals surface area (Å²) in [6.07, 6.45) is 40.9. The van der Waals surface area contributed by atoms with Crippen LogP contribution in [-0.2, 0) is 33.3 Å². The average molecular weight is 1010 g/mol. The molecule has 11 nitrogen and oxygen atoms in total. The van der Waals surface area contributed by atoms with Gasteiger partial charge in [-0.3, -0.25) is 14.4 Å². The van der Waals surface area contributed by atoms with Crippen molar-refractivity contribution in [1.82, 2.24) is 0 Å². The van der Waals surface area contributed by atoms with E-state index in [1.807, 2.05) is 0 Å². The van der Waals surface area contributed by atoms with Crippen molar-refractivity contribution in [2.45, 2.75) is 352 Å². The first kappa shape index (κ1) is 67.2. The molecule has 1 fully saturated rings. The van der Waals surface area contributed by atoms with Gasteiger partial charge < -0.3 is 39.4 Å². The molecule has 0 aromatic rings. The van der Waals surface area contributed by atoms with E-state index in [2.05, 4.69) is 20.8 Å². The molecule has 11 heteroatoms. The van der Waals surface area contributed by atoms with Gasteiger partial charge in [-0.15, -0.1) is 0 Å². The lowest BCUT2D eigenvalue weighted by molar-refractivity contribution is -0.175. The molecule has 1 aliphatic heterocycles. The zero-order valence-electron chi connectivity index (χ0n) is 46.4. The third-order valence-corrected chi connectivity index (χ3v) is 14.7. The van der Waals surface area contributed by atoms with E-state index >= 15 is 0 Å². The SMILES string of the molecule is CCCCCCC(O)CCCCCCCCCCC(=O)O[C@H]1[C@@H]([C@@H](CO)OC(=O)CCCCCCCCCCC(O)CCCCCC)OC[C@@H]1OC(=O)CCCCCCCCCCC(O)CCCCCC. The fourth-order valence-corrected chi connectivity index (χ4v) is 10.0. The Labute approximate surface area is 435 Å². The molecule has 1 saturated heterocycles. The molecule has 0 saturated carbocycles. The number of hydrogen-bond acceptors (Lipinski definition) is 11. The number of ether oxygens (including phenoxy) is 4. The van der Waals surface area contributed by atoms with E-state index in [1.54, 1.807) is 0 Å². The smallest absolute Gasteiger partial charge is 0.306 e. The van der Waals surface area contributed by atoms with Gasteiger partial charge in [-0.2, -0.15) is 0 Å². The van der Waals surface area contributed by atoms with Crippen molar-refractivity contribution >= 4 is 17.9 Å². The molecule has 0 aromatic carbocycles. The Hall–Kier alpha value is -1.79. The lowest BCUT2D eigenvalue weighted by Crippen LogP contribution is -2.46. The minimum Gasteiger partial charge on any atom is -0.457 e. The summed E-state index contributed by atoms with van der Waals surface area (Å²) in [6.45, 7) is 6.09. The molecular formula is C60H114O11. The Balaban J connectivity index is 2.51. The average Bonchev–Trinajstić information content (AvgIpc) is 3.74. The molecule has 1 rings (SSSR count). The fourth-order valence-electron chi connectivity index (χ4n) is 10.0. The molecule has 1 heterocycles. The van der Waals surface area contributed by atoms with Gasteiger partial charge in [-0.05, 0) is 57.8 Å². The predicted molar refractivity (Wildman–Crippen MR) is 289 cm³/mol. The maximum absolute atomic E-state index is 13.3. The number of carbonyl (C=O) groups excluding carboxylic acids is 3. The molecule has 0 aromatic heterocycles. The van der Waals surface area contributed by atoms with Crippen LogP contribution in [0.4, 0.5) is 0 Å². The molecule has 4 N–H and O–H groups in total. The molecule has 3 unspecified atom stereocenters. The van der Waals surface area contributed by atoms with E-state index in [0.29, 0.717) is 19.3 Å². The van der Waals surface area contributed by atoms with Gasteiger partial charge in [0.05, 0.1) is 31.5 Å². The van der Waals surface area contributed by atoms with E-state index in [0.717, 1.165) is 193 Å². The second-order valence-electron chi connectivity index (χ2n) is 21.6. The molecular weight excluding hydrogens is 897 g/mol. The Kier molecular flexibility index (Phi) is 46.5. The largest absolute Gasteiger partial charge is 0.457 e. The topological polar surface area (TPSA) is 169 Å². The molecule has 0 radical (unpaired) electrons. The maximum atomic E-state index is 13.3. The highest BCUT2D eigenvalue weighted by Crippen LogP contribution is 2.27. The summed E-state index contributed by atoms with van der Waals surface area (Å²) in [5, 5.41) is 41.1. The van der Waals surface area contributed by atoms with E-state index in [4.69, 9.17) is 18.9 Å². The first-order valence-corrected chi connectivity index (χ1v) is 30.5. The van der Waals surface area contributed by atoms with Gasteiger partial charge in [0.1, 0.15) is 6.10 Å². The normalized spacial score (nSPS) is 17.5. The van der Waals surface area contributed by atoms with Crippen molar-refractivity contribution in [3.05, 3.63) is 0 Å². The van der Waals surface area contributed by atoms with Crippen molar-refractivity contribution in [2.24, 2.45) is 0 Å². The molecule has 71 heavy (non-hydrogen) atoms. The Morgan fingerprint density at radius 1 is 0.408 bits per heavy atom. The first-order valence-electron chi connectivity index (χ1n) is 30.5. The minimum absolute atomic E-state index is 0.0180. The summed E-state index contributed by atoms with van der Waals surface area (Å²) in [4.78, 5) is 39.4. The number of esters is 3. The van der Waals surface area contributed by atoms with Crippen LogP contribution in [0.2, 0.25) is 0 Å². The third kappa shape index (κ3) is 40.2. The molecule has 0 amide bonds. The second kappa shape index (κ2) is 49.1. The van der Waals surface area contributed by atoms with E-state index in [9.17, 15) is 34.8 Å². The Morgan fingerprint density at radius 2 is 0.690 bits per heavy atom. The van der Waals surface area contributed by atoms with Crippen LogP contribution in [0.3, 0.4) is 0 Å². The summed E-state index contributed by atoms with van der Waals surface area (Å²) < 4.78 is 23.6. The number of aliphatic hydroxyl groups is 4. The lowest BCUT2D eigenvalue weighted by atomic mass is 10.0. The highest BCUT2D eigenvalue weighted by atomic mass is 16.6. The van der Waals surface area contributed by atoms with Gasteiger partial charge in [0.2, 0.25) is 0 Å². The van der Waals surface area contributed by atoms with Crippen LogP contribution < -0.4 is 0 Å². The maximum Gasteiger partial charge on any atom is 0.306 e. The number of unbranched alkanes of at least 4 members (excludes halogenated alkanes) is 30. The van der Waals surface area contributed by atoms with Crippen LogP contribution in [-0.4, -0.2) is 94.3 Å². The number of rotatable bonds is 53. The van der Waals surface area contributed by atoms with E-state index in [1.165, 1.54) is 57.8 Å². The summed E-state index contributed by atoms with van der Waals surface area (Å²) >= 11 is 0. The standard InChI is InChI=1S/C60H114O11/c1-4-7-10-31-40-51(62)43-34-25-19-13-16-22-28-37-46-56(65)69-54(49-61)59-60(71-58(67)48-39-30-24-18-15-21-27-36-45-53(64)42-33-12-9-6-3)55(50-68-59)70-57(66)47-38-29-23-17-14-20-26-35-44-52(63)41-32-11-8-5-2/h51-55,59-64H,4-50H2,1-3H3/t51?,52?,53?,54-,55+,59-,60-/m1/s1. The summed E-state index contributed by atoms with van der Waals surface area (Å²) in [6, 6.07) is 0. The summed E-state index contributed by atoms with van der Waals surface area (Å²) in [5.41, 5.74) is 0. The highest BCUT2D eigenvalue weighted by molar-refractivity contribution is 5.71. The fraction of sp³-hybridized carbons (Fsp3) is 0.950. The van der Waals surface area contributed by atoms with Gasteiger partial charge in [-0.1, -0.05) is 233 Å². The van der Waals surface area contributed by atoms with Gasteiger partial charge in [0.25, 0.3) is 0 Å². The number of aliphatic hydroxyl groups excluding tert-OH is 4. The van der Waals surface area contributed by atoms with Crippen LogP contribution in [0.25, 0.3) is 0 Å². The van der Waals surface area contributed by atoms with Gasteiger partial charge in [0, 0.05) is 19.3 Å². The minimum atomic E-state index is -1.06. The van der Waals surface area contributed by atoms with Crippen molar-refractivity contribution in [2.75, 3.05) is 13.2 Å². The number of carbonyl (C=O) groups is 3. The number of hydrogen-bond donors (Lipinski definition) is 4. The van der Waals surface area contributed by atoms with Gasteiger partial charge >= 0.3 is 17.9 Å². The predicted octanol–water partition coefficient (Wildman–Crippen LogP) is 14.8. The lowest BCUT2D eigenvalue weighted by Gasteiger charge is -2.28. The van der Waals surface area contributed by atoms with E-state index in [-0.39, 0.29) is 50.2 Å². The molecule has 1 aliphatic rings. The van der Waals surface area contributed by atoms with Crippen LogP contribution in [0.5, 0.6) is 0 Å². The van der Waals surface area contributed by atoms with Crippen molar-refractivity contribution in [1.29, 1.82) is 0 Å². The summed E-state index contributed by atoms with van der Waals surface area (Å²) in [5.74, 6) is -1.23.